The number of amides is 1. The molecular weight excluding hydrogens is 332 g/mol. The van der Waals surface area contributed by atoms with Gasteiger partial charge in [-0.25, -0.2) is 4.98 Å². The van der Waals surface area contributed by atoms with Gasteiger partial charge in [0.15, 0.2) is 0 Å². The van der Waals surface area contributed by atoms with Gasteiger partial charge in [-0.1, -0.05) is 6.07 Å². The lowest BCUT2D eigenvalue weighted by molar-refractivity contribution is 0.0348. The van der Waals surface area contributed by atoms with E-state index in [1.54, 1.807) is 18.0 Å². The van der Waals surface area contributed by atoms with E-state index in [-0.39, 0.29) is 24.1 Å². The smallest absolute Gasteiger partial charge is 0.254 e. The van der Waals surface area contributed by atoms with Crippen molar-refractivity contribution in [1.29, 1.82) is 0 Å². The highest BCUT2D eigenvalue weighted by Crippen LogP contribution is 2.38. The predicted molar refractivity (Wildman–Crippen MR) is 99.1 cm³/mol. The molecule has 5 heteroatoms. The third-order valence-corrected chi connectivity index (χ3v) is 5.93. The van der Waals surface area contributed by atoms with E-state index in [0.717, 1.165) is 31.2 Å². The van der Waals surface area contributed by atoms with Crippen molar-refractivity contribution in [3.63, 3.8) is 0 Å². The second-order valence-corrected chi connectivity index (χ2v) is 7.58. The number of pyridine rings is 1. The second kappa shape index (κ2) is 7.08. The zero-order valence-electron chi connectivity index (χ0n) is 14.3. The maximum absolute atomic E-state index is 13.0. The molecule has 2 unspecified atom stereocenters. The first kappa shape index (κ1) is 16.5. The van der Waals surface area contributed by atoms with Gasteiger partial charge in [-0.05, 0) is 49.4 Å². The van der Waals surface area contributed by atoms with Crippen LogP contribution in [0.3, 0.4) is 0 Å². The largest absolute Gasteiger partial charge is 0.474 e. The van der Waals surface area contributed by atoms with Gasteiger partial charge in [0.1, 0.15) is 6.10 Å². The number of ether oxygens (including phenoxy) is 1. The van der Waals surface area contributed by atoms with Gasteiger partial charge in [-0.3, -0.25) is 4.79 Å². The van der Waals surface area contributed by atoms with E-state index in [9.17, 15) is 4.79 Å². The van der Waals surface area contributed by atoms with E-state index in [2.05, 4.69) is 9.88 Å². The van der Waals surface area contributed by atoms with E-state index >= 15 is 0 Å². The number of piperidine rings is 1. The van der Waals surface area contributed by atoms with Crippen molar-refractivity contribution in [2.45, 2.75) is 48.8 Å². The van der Waals surface area contributed by atoms with Crippen LogP contribution in [0.25, 0.3) is 0 Å². The zero-order chi connectivity index (χ0) is 17.2. The van der Waals surface area contributed by atoms with E-state index < -0.39 is 0 Å². The molecule has 1 aromatic heterocycles. The molecule has 1 amide bonds. The van der Waals surface area contributed by atoms with Crippen LogP contribution in [0.15, 0.2) is 53.6 Å². The molecule has 2 aliphatic rings. The molecule has 0 N–H and O–H groups in total. The van der Waals surface area contributed by atoms with Crippen LogP contribution in [0, 0.1) is 0 Å². The number of carbonyl (C=O) groups excluding carboxylic acids is 1. The molecule has 0 spiro atoms. The molecule has 0 aliphatic carbocycles. The summed E-state index contributed by atoms with van der Waals surface area (Å²) in [6, 6.07) is 14.2. The fraction of sp³-hybridized carbons (Fsp3) is 0.400. The Morgan fingerprint density at radius 3 is 2.44 bits per heavy atom. The Labute approximate surface area is 152 Å². The topological polar surface area (TPSA) is 42.4 Å². The van der Waals surface area contributed by atoms with Gasteiger partial charge in [-0.15, -0.1) is 11.8 Å². The number of fused-ring (bicyclic) bond motifs is 2. The predicted octanol–water partition coefficient (Wildman–Crippen LogP) is 4.02. The molecule has 0 saturated carbocycles. The van der Waals surface area contributed by atoms with Crippen LogP contribution in [0.5, 0.6) is 5.88 Å². The van der Waals surface area contributed by atoms with Gasteiger partial charge in [0, 0.05) is 47.6 Å². The summed E-state index contributed by atoms with van der Waals surface area (Å²) in [4.78, 5) is 20.5. The fourth-order valence-corrected chi connectivity index (χ4v) is 4.43. The molecule has 4 rings (SSSR count). The van der Waals surface area contributed by atoms with Crippen molar-refractivity contribution in [3.8, 4) is 5.88 Å². The number of nitrogens with zero attached hydrogens (tertiary/aromatic N) is 2. The molecule has 2 aliphatic heterocycles. The van der Waals surface area contributed by atoms with Crippen molar-refractivity contribution >= 4 is 17.7 Å². The first-order chi connectivity index (χ1) is 12.2. The standard InChI is InChI=1S/C20H22N2O2S/c1-25-18-9-5-14(6-10-18)20(23)22-15-7-8-16(22)13-17(12-15)24-19-4-2-3-11-21-19/h2-6,9-11,15-17H,7-8,12-13H2,1H3. The zero-order valence-corrected chi connectivity index (χ0v) is 15.1. The first-order valence-electron chi connectivity index (χ1n) is 8.79. The molecule has 130 valence electrons. The van der Waals surface area contributed by atoms with Crippen LogP contribution in [0.1, 0.15) is 36.0 Å². The Morgan fingerprint density at radius 2 is 1.84 bits per heavy atom. The molecule has 3 heterocycles. The van der Waals surface area contributed by atoms with Crippen LogP contribution in [-0.4, -0.2) is 40.2 Å². The highest BCUT2D eigenvalue weighted by atomic mass is 32.2. The molecule has 4 nitrogen and oxygen atoms in total. The van der Waals surface area contributed by atoms with Gasteiger partial charge >= 0.3 is 0 Å². The van der Waals surface area contributed by atoms with Gasteiger partial charge in [0.05, 0.1) is 0 Å². The highest BCUT2D eigenvalue weighted by molar-refractivity contribution is 7.98. The summed E-state index contributed by atoms with van der Waals surface area (Å²) in [5.74, 6) is 0.843. The second-order valence-electron chi connectivity index (χ2n) is 6.71. The molecule has 2 atom stereocenters. The molecule has 2 bridgehead atoms. The maximum Gasteiger partial charge on any atom is 0.254 e. The minimum absolute atomic E-state index is 0.148. The number of carbonyl (C=O) groups is 1. The van der Waals surface area contributed by atoms with E-state index in [1.165, 1.54) is 4.90 Å². The Hall–Kier alpha value is -2.01. The number of aromatic nitrogens is 1. The summed E-state index contributed by atoms with van der Waals surface area (Å²) in [6.07, 6.45) is 7.87. The summed E-state index contributed by atoms with van der Waals surface area (Å²) >= 11 is 1.69. The van der Waals surface area contributed by atoms with E-state index in [1.807, 2.05) is 48.7 Å². The summed E-state index contributed by atoms with van der Waals surface area (Å²) in [5.41, 5.74) is 0.791. The number of rotatable bonds is 4. The van der Waals surface area contributed by atoms with Crippen molar-refractivity contribution in [1.82, 2.24) is 9.88 Å². The van der Waals surface area contributed by atoms with Crippen LogP contribution in [0.4, 0.5) is 0 Å². The minimum atomic E-state index is 0.148. The Kier molecular flexibility index (Phi) is 4.66. The van der Waals surface area contributed by atoms with Gasteiger partial charge in [0.2, 0.25) is 5.88 Å². The number of benzene rings is 1. The monoisotopic (exact) mass is 354 g/mol. The number of hydrogen-bond donors (Lipinski definition) is 0. The van der Waals surface area contributed by atoms with Crippen molar-refractivity contribution in [2.75, 3.05) is 6.26 Å². The van der Waals surface area contributed by atoms with Crippen molar-refractivity contribution in [2.24, 2.45) is 0 Å². The first-order valence-corrected chi connectivity index (χ1v) is 10.0. The Morgan fingerprint density at radius 1 is 1.12 bits per heavy atom. The lowest BCUT2D eigenvalue weighted by Crippen LogP contribution is -2.49. The summed E-state index contributed by atoms with van der Waals surface area (Å²) in [7, 11) is 0. The quantitative estimate of drug-likeness (QED) is 0.778. The van der Waals surface area contributed by atoms with Gasteiger partial charge in [-0.2, -0.15) is 0 Å². The fourth-order valence-electron chi connectivity index (χ4n) is 4.03. The number of hydrogen-bond acceptors (Lipinski definition) is 4. The van der Waals surface area contributed by atoms with Crippen LogP contribution < -0.4 is 4.74 Å². The lowest BCUT2D eigenvalue weighted by atomic mass is 9.98. The maximum atomic E-state index is 13.0. The lowest BCUT2D eigenvalue weighted by Gasteiger charge is -2.38. The van der Waals surface area contributed by atoms with Gasteiger partial charge < -0.3 is 9.64 Å². The van der Waals surface area contributed by atoms with E-state index in [0.29, 0.717) is 5.88 Å². The average molecular weight is 354 g/mol. The van der Waals surface area contributed by atoms with Crippen molar-refractivity contribution in [3.05, 3.63) is 54.2 Å². The third-order valence-electron chi connectivity index (χ3n) is 5.19. The molecule has 0 radical (unpaired) electrons. The van der Waals surface area contributed by atoms with Crippen LogP contribution >= 0.6 is 11.8 Å². The SMILES string of the molecule is CSc1ccc(C(=O)N2C3CCC2CC(Oc2ccccn2)C3)cc1. The Balaban J connectivity index is 1.45. The summed E-state index contributed by atoms with van der Waals surface area (Å²) in [6.45, 7) is 0. The molecule has 2 fully saturated rings. The third kappa shape index (κ3) is 3.38. The van der Waals surface area contributed by atoms with Crippen LogP contribution in [-0.2, 0) is 0 Å². The summed E-state index contributed by atoms with van der Waals surface area (Å²) < 4.78 is 6.05. The van der Waals surface area contributed by atoms with E-state index in [4.69, 9.17) is 4.74 Å². The normalized spacial score (nSPS) is 25.0. The van der Waals surface area contributed by atoms with Crippen molar-refractivity contribution < 1.29 is 9.53 Å². The molecule has 2 aromatic rings. The minimum Gasteiger partial charge on any atom is -0.474 e. The molecule has 2 saturated heterocycles. The summed E-state index contributed by atoms with van der Waals surface area (Å²) in [5, 5.41) is 0. The van der Waals surface area contributed by atoms with Crippen LogP contribution in [0.2, 0.25) is 0 Å². The number of thioether (sulfide) groups is 1. The molecular formula is C20H22N2O2S. The average Bonchev–Trinajstić information content (AvgIpc) is 2.92. The van der Waals surface area contributed by atoms with Gasteiger partial charge in [0.25, 0.3) is 5.91 Å². The Bertz CT molecular complexity index is 721. The highest BCUT2D eigenvalue weighted by Gasteiger charge is 2.44. The molecule has 1 aromatic carbocycles. The molecule has 25 heavy (non-hydrogen) atoms.